The van der Waals surface area contributed by atoms with Crippen molar-refractivity contribution in [3.8, 4) is 16.9 Å². The molecular weight excluding hydrogens is 428 g/mol. The average molecular weight is 453 g/mol. The summed E-state index contributed by atoms with van der Waals surface area (Å²) in [5.74, 6) is -0.166. The summed E-state index contributed by atoms with van der Waals surface area (Å²) in [5, 5.41) is 10.6. The topological polar surface area (TPSA) is 79.7 Å². The molecule has 0 radical (unpaired) electrons. The Morgan fingerprint density at radius 1 is 1.16 bits per heavy atom. The van der Waals surface area contributed by atoms with E-state index >= 15 is 0 Å². The third-order valence-electron chi connectivity index (χ3n) is 5.93. The fourth-order valence-corrected chi connectivity index (χ4v) is 4.47. The molecular formula is C25H25ClN2O4. The molecule has 0 saturated carbocycles. The monoisotopic (exact) mass is 452 g/mol. The lowest BCUT2D eigenvalue weighted by molar-refractivity contribution is -0.140. The number of aliphatic carboxylic acids is 1. The minimum atomic E-state index is -0.783. The fourth-order valence-electron chi connectivity index (χ4n) is 4.23. The Morgan fingerprint density at radius 3 is 2.62 bits per heavy atom. The normalized spacial score (nSPS) is 15.5. The zero-order chi connectivity index (χ0) is 22.7. The molecule has 32 heavy (non-hydrogen) atoms. The van der Waals surface area contributed by atoms with Crippen LogP contribution in [0.4, 0.5) is 0 Å². The highest BCUT2D eigenvalue weighted by Gasteiger charge is 2.28. The number of carbonyl (C=O) groups excluding carboxylic acids is 1. The number of likely N-dealkylation sites (tertiary alicyclic amines) is 1. The van der Waals surface area contributed by atoms with Crippen LogP contribution in [0.15, 0.2) is 54.7 Å². The van der Waals surface area contributed by atoms with Gasteiger partial charge in [0.15, 0.2) is 6.10 Å². The molecule has 4 rings (SSSR count). The van der Waals surface area contributed by atoms with E-state index in [1.165, 1.54) is 0 Å². The van der Waals surface area contributed by atoms with Crippen LogP contribution in [0.5, 0.6) is 5.75 Å². The van der Waals surface area contributed by atoms with Gasteiger partial charge in [0.1, 0.15) is 5.75 Å². The molecule has 7 heteroatoms. The van der Waals surface area contributed by atoms with Crippen LogP contribution < -0.4 is 4.74 Å². The molecule has 0 unspecified atom stereocenters. The van der Waals surface area contributed by atoms with Crippen LogP contribution in [0.3, 0.4) is 0 Å². The summed E-state index contributed by atoms with van der Waals surface area (Å²) >= 11 is 6.39. The molecule has 1 fully saturated rings. The van der Waals surface area contributed by atoms with Gasteiger partial charge in [0.2, 0.25) is 0 Å². The first kappa shape index (κ1) is 22.1. The van der Waals surface area contributed by atoms with Gasteiger partial charge in [-0.3, -0.25) is 14.6 Å². The molecule has 0 spiro atoms. The first-order valence-corrected chi connectivity index (χ1v) is 11.1. The van der Waals surface area contributed by atoms with Gasteiger partial charge in [0.25, 0.3) is 5.91 Å². The number of aromatic nitrogens is 1. The minimum Gasteiger partial charge on any atom is -0.481 e. The molecule has 1 aromatic heterocycles. The maximum atomic E-state index is 12.8. The molecule has 6 nitrogen and oxygen atoms in total. The molecule has 1 atom stereocenters. The number of piperidine rings is 1. The predicted octanol–water partition coefficient (Wildman–Crippen LogP) is 5.04. The molecule has 1 amide bonds. The van der Waals surface area contributed by atoms with Gasteiger partial charge in [-0.05, 0) is 55.5 Å². The zero-order valence-corrected chi connectivity index (χ0v) is 18.6. The maximum Gasteiger partial charge on any atom is 0.303 e. The average Bonchev–Trinajstić information content (AvgIpc) is 2.78. The summed E-state index contributed by atoms with van der Waals surface area (Å²) in [6.45, 7) is 2.86. The van der Waals surface area contributed by atoms with Gasteiger partial charge < -0.3 is 14.7 Å². The summed E-state index contributed by atoms with van der Waals surface area (Å²) in [6, 6.07) is 15.2. The van der Waals surface area contributed by atoms with E-state index in [1.54, 1.807) is 18.0 Å². The Kier molecular flexibility index (Phi) is 6.61. The van der Waals surface area contributed by atoms with Crippen LogP contribution in [0.1, 0.15) is 26.2 Å². The molecule has 1 aliphatic rings. The van der Waals surface area contributed by atoms with E-state index < -0.39 is 12.1 Å². The molecule has 3 aromatic rings. The van der Waals surface area contributed by atoms with Gasteiger partial charge >= 0.3 is 5.97 Å². The van der Waals surface area contributed by atoms with Crippen molar-refractivity contribution in [1.82, 2.24) is 9.88 Å². The van der Waals surface area contributed by atoms with Crippen molar-refractivity contribution in [2.45, 2.75) is 32.3 Å². The van der Waals surface area contributed by atoms with E-state index in [0.717, 1.165) is 22.0 Å². The highest BCUT2D eigenvalue weighted by atomic mass is 35.5. The first-order valence-electron chi connectivity index (χ1n) is 10.7. The van der Waals surface area contributed by atoms with Gasteiger partial charge in [-0.1, -0.05) is 29.8 Å². The smallest absolute Gasteiger partial charge is 0.303 e. The Morgan fingerprint density at radius 2 is 1.91 bits per heavy atom. The van der Waals surface area contributed by atoms with E-state index in [1.807, 2.05) is 48.5 Å². The Balaban J connectivity index is 1.46. The van der Waals surface area contributed by atoms with E-state index in [2.05, 4.69) is 4.98 Å². The number of pyridine rings is 1. The zero-order valence-electron chi connectivity index (χ0n) is 17.8. The molecule has 1 N–H and O–H groups in total. The van der Waals surface area contributed by atoms with Crippen molar-refractivity contribution >= 4 is 34.4 Å². The molecule has 0 bridgehead atoms. The summed E-state index contributed by atoms with van der Waals surface area (Å²) in [5.41, 5.74) is 2.68. The predicted molar refractivity (Wildman–Crippen MR) is 124 cm³/mol. The fraction of sp³-hybridized carbons (Fsp3) is 0.320. The van der Waals surface area contributed by atoms with Crippen molar-refractivity contribution in [3.05, 3.63) is 59.8 Å². The SMILES string of the molecule is C[C@@H](Oc1ccc2c(-c3ccccc3Cl)ccnc2c1)C(=O)N1CCC(CC(=O)O)CC1. The highest BCUT2D eigenvalue weighted by Crippen LogP contribution is 2.34. The van der Waals surface area contributed by atoms with Gasteiger partial charge in [0.05, 0.1) is 5.52 Å². The molecule has 166 valence electrons. The van der Waals surface area contributed by atoms with Gasteiger partial charge in [0, 0.05) is 47.7 Å². The van der Waals surface area contributed by atoms with Crippen molar-refractivity contribution < 1.29 is 19.4 Å². The summed E-state index contributed by atoms with van der Waals surface area (Å²) in [7, 11) is 0. The number of benzene rings is 2. The van der Waals surface area contributed by atoms with Crippen LogP contribution in [0.2, 0.25) is 5.02 Å². The third-order valence-corrected chi connectivity index (χ3v) is 6.26. The Labute approximate surface area is 191 Å². The molecule has 2 heterocycles. The van der Waals surface area contributed by atoms with Crippen LogP contribution in [0, 0.1) is 5.92 Å². The second kappa shape index (κ2) is 9.57. The minimum absolute atomic E-state index is 0.0864. The number of amides is 1. The quantitative estimate of drug-likeness (QED) is 0.567. The number of carboxylic acid groups (broad SMARTS) is 1. The number of fused-ring (bicyclic) bond motifs is 1. The lowest BCUT2D eigenvalue weighted by atomic mass is 9.93. The Bertz CT molecular complexity index is 1140. The number of hydrogen-bond acceptors (Lipinski definition) is 4. The van der Waals surface area contributed by atoms with Gasteiger partial charge in [-0.25, -0.2) is 0 Å². The number of hydrogen-bond donors (Lipinski definition) is 1. The van der Waals surface area contributed by atoms with E-state index in [-0.39, 0.29) is 18.2 Å². The number of halogens is 1. The summed E-state index contributed by atoms with van der Waals surface area (Å²) in [6.07, 6.45) is 2.66. The molecule has 1 aliphatic heterocycles. The highest BCUT2D eigenvalue weighted by molar-refractivity contribution is 6.33. The van der Waals surface area contributed by atoms with Crippen LogP contribution in [-0.2, 0) is 9.59 Å². The van der Waals surface area contributed by atoms with Crippen molar-refractivity contribution in [2.75, 3.05) is 13.1 Å². The summed E-state index contributed by atoms with van der Waals surface area (Å²) < 4.78 is 5.95. The molecule has 1 saturated heterocycles. The number of nitrogens with zero attached hydrogens (tertiary/aromatic N) is 2. The third kappa shape index (κ3) is 4.86. The van der Waals surface area contributed by atoms with E-state index in [4.69, 9.17) is 21.4 Å². The number of ether oxygens (including phenoxy) is 1. The number of carboxylic acids is 1. The summed E-state index contributed by atoms with van der Waals surface area (Å²) in [4.78, 5) is 29.9. The molecule has 2 aromatic carbocycles. The van der Waals surface area contributed by atoms with Crippen molar-refractivity contribution in [2.24, 2.45) is 5.92 Å². The van der Waals surface area contributed by atoms with Crippen LogP contribution in [0.25, 0.3) is 22.0 Å². The number of rotatable bonds is 6. The lowest BCUT2D eigenvalue weighted by Gasteiger charge is -2.33. The van der Waals surface area contributed by atoms with Crippen molar-refractivity contribution in [3.63, 3.8) is 0 Å². The van der Waals surface area contributed by atoms with Crippen molar-refractivity contribution in [1.29, 1.82) is 0 Å². The Hall–Kier alpha value is -3.12. The molecule has 0 aliphatic carbocycles. The standard InChI is InChI=1S/C25H25ClN2O4/c1-16(25(31)28-12-9-17(10-13-28)14-24(29)30)32-18-6-7-21-19(8-11-27-23(21)15-18)20-4-2-3-5-22(20)26/h2-8,11,15-17H,9-10,12-14H2,1H3,(H,29,30)/t16-/m1/s1. The largest absolute Gasteiger partial charge is 0.481 e. The van der Waals surface area contributed by atoms with E-state index in [9.17, 15) is 9.59 Å². The second-order valence-electron chi connectivity index (χ2n) is 8.14. The van der Waals surface area contributed by atoms with Gasteiger partial charge in [-0.2, -0.15) is 0 Å². The second-order valence-corrected chi connectivity index (χ2v) is 8.55. The lowest BCUT2D eigenvalue weighted by Crippen LogP contribution is -2.45. The maximum absolute atomic E-state index is 12.8. The van der Waals surface area contributed by atoms with Gasteiger partial charge in [-0.15, -0.1) is 0 Å². The van der Waals surface area contributed by atoms with Crippen LogP contribution >= 0.6 is 11.6 Å². The van der Waals surface area contributed by atoms with E-state index in [0.29, 0.717) is 36.7 Å². The van der Waals surface area contributed by atoms with Crippen LogP contribution in [-0.4, -0.2) is 46.1 Å². The number of carbonyl (C=O) groups is 2. The first-order chi connectivity index (χ1) is 15.4.